The fourth-order valence-electron chi connectivity index (χ4n) is 4.42. The van der Waals surface area contributed by atoms with Gasteiger partial charge in [0.2, 0.25) is 5.91 Å². The van der Waals surface area contributed by atoms with Crippen LogP contribution in [0, 0.1) is 11.7 Å². The zero-order valence-electron chi connectivity index (χ0n) is 20.7. The van der Waals surface area contributed by atoms with Gasteiger partial charge in [0.15, 0.2) is 18.2 Å². The van der Waals surface area contributed by atoms with Crippen molar-refractivity contribution in [2.24, 2.45) is 5.92 Å². The normalized spacial score (nSPS) is 17.2. The smallest absolute Gasteiger partial charge is 0.260 e. The van der Waals surface area contributed by atoms with E-state index in [1.807, 2.05) is 54.6 Å². The Hall–Kier alpha value is -3.39. The molecule has 0 radical (unpaired) electrons. The van der Waals surface area contributed by atoms with E-state index in [0.717, 1.165) is 10.0 Å². The summed E-state index contributed by atoms with van der Waals surface area (Å²) < 4.78 is 26.5. The van der Waals surface area contributed by atoms with Crippen molar-refractivity contribution in [2.75, 3.05) is 26.7 Å². The number of carbonyl (C=O) groups excluding carboxylic acids is 2. The third kappa shape index (κ3) is 7.55. The number of amides is 2. The molecule has 0 saturated carbocycles. The van der Waals surface area contributed by atoms with Crippen molar-refractivity contribution in [1.82, 2.24) is 9.80 Å². The summed E-state index contributed by atoms with van der Waals surface area (Å²) in [5, 5.41) is 0. The highest BCUT2D eigenvalue weighted by molar-refractivity contribution is 9.10. The SMILES string of the molecule is CN(Cc1ccccc1)C(=O)C[C@H]1CN(C(=O)COc2ccccc2F)CC[C@@H]1Oc1cccc(Br)c1. The summed E-state index contributed by atoms with van der Waals surface area (Å²) in [6.45, 7) is 1.04. The Bertz CT molecular complexity index is 1210. The Morgan fingerprint density at radius 3 is 2.57 bits per heavy atom. The first-order chi connectivity index (χ1) is 17.9. The minimum atomic E-state index is -0.513. The van der Waals surface area contributed by atoms with Crippen LogP contribution < -0.4 is 9.47 Å². The molecule has 0 bridgehead atoms. The predicted octanol–water partition coefficient (Wildman–Crippen LogP) is 5.31. The third-order valence-corrected chi connectivity index (χ3v) is 6.91. The van der Waals surface area contributed by atoms with E-state index in [1.165, 1.54) is 12.1 Å². The van der Waals surface area contributed by atoms with E-state index in [1.54, 1.807) is 29.0 Å². The maximum absolute atomic E-state index is 13.9. The number of carbonyl (C=O) groups is 2. The Morgan fingerprint density at radius 1 is 1.05 bits per heavy atom. The molecular weight excluding hydrogens is 539 g/mol. The van der Waals surface area contributed by atoms with Crippen molar-refractivity contribution in [3.05, 3.63) is 94.7 Å². The van der Waals surface area contributed by atoms with Gasteiger partial charge >= 0.3 is 0 Å². The Morgan fingerprint density at radius 2 is 1.81 bits per heavy atom. The van der Waals surface area contributed by atoms with Gasteiger partial charge in [0.05, 0.1) is 0 Å². The first kappa shape index (κ1) is 26.7. The minimum absolute atomic E-state index is 0.0198. The van der Waals surface area contributed by atoms with Crippen molar-refractivity contribution in [3.63, 3.8) is 0 Å². The van der Waals surface area contributed by atoms with Gasteiger partial charge < -0.3 is 19.3 Å². The maximum atomic E-state index is 13.9. The number of piperidine rings is 1. The molecule has 194 valence electrons. The summed E-state index contributed by atoms with van der Waals surface area (Å²) in [6.07, 6.45) is 0.568. The zero-order valence-corrected chi connectivity index (χ0v) is 22.3. The number of benzene rings is 3. The molecule has 1 aliphatic heterocycles. The van der Waals surface area contributed by atoms with Gasteiger partial charge in [0, 0.05) is 49.9 Å². The van der Waals surface area contributed by atoms with Crippen LogP contribution in [0.5, 0.6) is 11.5 Å². The van der Waals surface area contributed by atoms with Gasteiger partial charge in [-0.2, -0.15) is 0 Å². The fourth-order valence-corrected chi connectivity index (χ4v) is 4.80. The van der Waals surface area contributed by atoms with Gasteiger partial charge in [0.1, 0.15) is 11.9 Å². The summed E-state index contributed by atoms with van der Waals surface area (Å²) in [5.74, 6) is -0.250. The molecule has 6 nitrogen and oxygen atoms in total. The summed E-state index contributed by atoms with van der Waals surface area (Å²) in [6, 6.07) is 23.4. The highest BCUT2D eigenvalue weighted by Crippen LogP contribution is 2.28. The number of rotatable bonds is 9. The van der Waals surface area contributed by atoms with Crippen molar-refractivity contribution in [2.45, 2.75) is 25.5 Å². The van der Waals surface area contributed by atoms with Crippen LogP contribution in [-0.2, 0) is 16.1 Å². The number of likely N-dealkylation sites (tertiary alicyclic amines) is 1. The van der Waals surface area contributed by atoms with Gasteiger partial charge in [-0.25, -0.2) is 4.39 Å². The number of hydrogen-bond donors (Lipinski definition) is 0. The van der Waals surface area contributed by atoms with Crippen LogP contribution in [0.4, 0.5) is 4.39 Å². The lowest BCUT2D eigenvalue weighted by Crippen LogP contribution is -2.50. The molecule has 1 heterocycles. The molecule has 3 aromatic carbocycles. The topological polar surface area (TPSA) is 59.1 Å². The van der Waals surface area contributed by atoms with Gasteiger partial charge in [0.25, 0.3) is 5.91 Å². The molecular formula is C29H30BrFN2O4. The molecule has 0 unspecified atom stereocenters. The average Bonchev–Trinajstić information content (AvgIpc) is 2.89. The zero-order chi connectivity index (χ0) is 26.2. The molecule has 1 fully saturated rings. The van der Waals surface area contributed by atoms with E-state index in [4.69, 9.17) is 9.47 Å². The lowest BCUT2D eigenvalue weighted by Gasteiger charge is -2.38. The third-order valence-electron chi connectivity index (χ3n) is 6.41. The molecule has 8 heteroatoms. The van der Waals surface area contributed by atoms with E-state index < -0.39 is 5.82 Å². The molecule has 0 aromatic heterocycles. The number of hydrogen-bond acceptors (Lipinski definition) is 4. The average molecular weight is 569 g/mol. The monoisotopic (exact) mass is 568 g/mol. The Kier molecular flexibility index (Phi) is 9.17. The van der Waals surface area contributed by atoms with E-state index >= 15 is 0 Å². The molecule has 0 N–H and O–H groups in total. The van der Waals surface area contributed by atoms with Gasteiger partial charge in [-0.3, -0.25) is 9.59 Å². The van der Waals surface area contributed by atoms with Crippen LogP contribution in [0.1, 0.15) is 18.4 Å². The largest absolute Gasteiger partial charge is 0.490 e. The number of para-hydroxylation sites is 1. The molecule has 1 saturated heterocycles. The Labute approximate surface area is 225 Å². The van der Waals surface area contributed by atoms with Crippen LogP contribution in [0.25, 0.3) is 0 Å². The van der Waals surface area contributed by atoms with Crippen molar-refractivity contribution >= 4 is 27.7 Å². The molecule has 3 aromatic rings. The molecule has 2 amide bonds. The van der Waals surface area contributed by atoms with Gasteiger partial charge in [-0.15, -0.1) is 0 Å². The van der Waals surface area contributed by atoms with Gasteiger partial charge in [-0.1, -0.05) is 64.5 Å². The summed E-state index contributed by atoms with van der Waals surface area (Å²) in [5.41, 5.74) is 1.05. The quantitative estimate of drug-likeness (QED) is 0.351. The maximum Gasteiger partial charge on any atom is 0.260 e. The molecule has 1 aliphatic rings. The van der Waals surface area contributed by atoms with E-state index in [0.29, 0.717) is 31.8 Å². The van der Waals surface area contributed by atoms with Crippen LogP contribution in [-0.4, -0.2) is 54.5 Å². The van der Waals surface area contributed by atoms with Gasteiger partial charge in [-0.05, 0) is 35.9 Å². The summed E-state index contributed by atoms with van der Waals surface area (Å²) >= 11 is 3.47. The molecule has 0 aliphatic carbocycles. The lowest BCUT2D eigenvalue weighted by atomic mass is 9.90. The molecule has 37 heavy (non-hydrogen) atoms. The number of ether oxygens (including phenoxy) is 2. The fraction of sp³-hybridized carbons (Fsp3) is 0.310. The molecule has 0 spiro atoms. The predicted molar refractivity (Wildman–Crippen MR) is 143 cm³/mol. The number of nitrogens with zero attached hydrogens (tertiary/aromatic N) is 2. The first-order valence-corrected chi connectivity index (χ1v) is 13.0. The second-order valence-corrected chi connectivity index (χ2v) is 10.1. The van der Waals surface area contributed by atoms with E-state index in [2.05, 4.69) is 15.9 Å². The van der Waals surface area contributed by atoms with Crippen LogP contribution in [0.3, 0.4) is 0 Å². The van der Waals surface area contributed by atoms with Crippen LogP contribution >= 0.6 is 15.9 Å². The van der Waals surface area contributed by atoms with Crippen molar-refractivity contribution < 1.29 is 23.5 Å². The minimum Gasteiger partial charge on any atom is -0.490 e. The van der Waals surface area contributed by atoms with Crippen LogP contribution in [0.15, 0.2) is 83.3 Å². The highest BCUT2D eigenvalue weighted by atomic mass is 79.9. The van der Waals surface area contributed by atoms with Crippen molar-refractivity contribution in [1.29, 1.82) is 0 Å². The van der Waals surface area contributed by atoms with E-state index in [-0.39, 0.29) is 42.6 Å². The Balaban J connectivity index is 1.43. The van der Waals surface area contributed by atoms with E-state index in [9.17, 15) is 14.0 Å². The summed E-state index contributed by atoms with van der Waals surface area (Å²) in [7, 11) is 1.79. The first-order valence-electron chi connectivity index (χ1n) is 12.2. The van der Waals surface area contributed by atoms with Crippen molar-refractivity contribution in [3.8, 4) is 11.5 Å². The highest BCUT2D eigenvalue weighted by Gasteiger charge is 2.35. The lowest BCUT2D eigenvalue weighted by molar-refractivity contribution is -0.140. The van der Waals surface area contributed by atoms with Crippen LogP contribution in [0.2, 0.25) is 0 Å². The second-order valence-electron chi connectivity index (χ2n) is 9.16. The second kappa shape index (κ2) is 12.7. The standard InChI is InChI=1S/C29H30BrFN2O4/c1-32(18-21-8-3-2-4-9-21)28(34)16-22-19-33(29(35)20-36-27-13-6-5-12-25(27)31)15-14-26(22)37-24-11-7-10-23(30)17-24/h2-13,17,22,26H,14-16,18-20H2,1H3/t22-,26-/m0/s1. The molecule has 4 rings (SSSR count). The molecule has 2 atom stereocenters. The number of halogens is 2. The summed E-state index contributed by atoms with van der Waals surface area (Å²) in [4.78, 5) is 29.5.